The van der Waals surface area contributed by atoms with Gasteiger partial charge in [-0.2, -0.15) is 26.3 Å². The van der Waals surface area contributed by atoms with Crippen LogP contribution in [0.4, 0.5) is 26.3 Å². The molecule has 0 radical (unpaired) electrons. The number of esters is 1. The van der Waals surface area contributed by atoms with Crippen LogP contribution < -0.4 is 27.2 Å². The number of aliphatic carboxylic acids is 2. The average molecular weight is 691 g/mol. The van der Waals surface area contributed by atoms with E-state index in [1.165, 1.54) is 64.2 Å². The lowest BCUT2D eigenvalue weighted by atomic mass is 9.89. The Labute approximate surface area is 270 Å². The molecule has 18 heteroatoms. The number of carbonyl (C=O) groups excluding carboxylic acids is 2. The van der Waals surface area contributed by atoms with Crippen LogP contribution in [0.3, 0.4) is 0 Å². The molecule has 1 fully saturated rings. The first-order valence-electron chi connectivity index (χ1n) is 15.9. The minimum Gasteiger partial charge on any atom is -0.542 e. The number of hydrogen-bond donors (Lipinski definition) is 5. The summed E-state index contributed by atoms with van der Waals surface area (Å²) in [7, 11) is 0. The number of ether oxygens (including phenoxy) is 1. The topological polar surface area (TPSA) is 195 Å². The Morgan fingerprint density at radius 2 is 1.53 bits per heavy atom. The Bertz CT molecular complexity index is 1040. The van der Waals surface area contributed by atoms with Gasteiger partial charge >= 0.3 is 30.3 Å². The van der Waals surface area contributed by atoms with Gasteiger partial charge in [0.1, 0.15) is 11.9 Å². The first kappa shape index (κ1) is 41.6. The summed E-state index contributed by atoms with van der Waals surface area (Å²) in [4.78, 5) is 34.6. The van der Waals surface area contributed by atoms with Crippen LogP contribution in [-0.2, 0) is 19.1 Å². The number of carbonyl (C=O) groups is 3. The number of carboxylic acids is 2. The van der Waals surface area contributed by atoms with Crippen LogP contribution in [0.25, 0.3) is 0 Å². The van der Waals surface area contributed by atoms with Gasteiger partial charge in [-0.3, -0.25) is 25.0 Å². The molecule has 12 nitrogen and oxygen atoms in total. The van der Waals surface area contributed by atoms with Crippen molar-refractivity contribution in [2.45, 2.75) is 134 Å². The molecule has 0 aliphatic carbocycles. The summed E-state index contributed by atoms with van der Waals surface area (Å²) >= 11 is 0. The second-order valence-corrected chi connectivity index (χ2v) is 11.8. The van der Waals surface area contributed by atoms with Crippen LogP contribution in [0.1, 0.15) is 97.3 Å². The van der Waals surface area contributed by atoms with Gasteiger partial charge in [0, 0.05) is 13.0 Å². The smallest absolute Gasteiger partial charge is 0.490 e. The predicted octanol–water partition coefficient (Wildman–Crippen LogP) is 2.53. The molecule has 0 aromatic heterocycles. The van der Waals surface area contributed by atoms with Crippen molar-refractivity contribution in [1.82, 2.24) is 10.6 Å². The van der Waals surface area contributed by atoms with E-state index in [4.69, 9.17) is 36.0 Å². The monoisotopic (exact) mass is 690 g/mol. The van der Waals surface area contributed by atoms with Gasteiger partial charge in [-0.05, 0) is 39.0 Å². The number of unbranched alkanes of at least 4 members (excludes halogenated alkanes) is 7. The van der Waals surface area contributed by atoms with E-state index in [-0.39, 0.29) is 29.9 Å². The van der Waals surface area contributed by atoms with E-state index < -0.39 is 24.3 Å². The molecular weight excluding hydrogens is 642 g/mol. The molecule has 7 N–H and O–H groups in total. The summed E-state index contributed by atoms with van der Waals surface area (Å²) in [6.07, 6.45) is 5.44. The zero-order valence-corrected chi connectivity index (χ0v) is 26.8. The Balaban J connectivity index is 0.000000658. The highest BCUT2D eigenvalue weighted by Gasteiger charge is 2.52. The van der Waals surface area contributed by atoms with Gasteiger partial charge < -0.3 is 31.2 Å². The van der Waals surface area contributed by atoms with Gasteiger partial charge in [0.15, 0.2) is 5.96 Å². The van der Waals surface area contributed by atoms with E-state index in [9.17, 15) is 31.1 Å². The summed E-state index contributed by atoms with van der Waals surface area (Å²) in [6.45, 7) is 5.38. The fourth-order valence-corrected chi connectivity index (χ4v) is 5.84. The zero-order chi connectivity index (χ0) is 35.8. The van der Waals surface area contributed by atoms with Crippen molar-refractivity contribution in [2.24, 2.45) is 22.4 Å². The Morgan fingerprint density at radius 1 is 0.957 bits per heavy atom. The highest BCUT2D eigenvalue weighted by atomic mass is 19.4. The molecule has 272 valence electrons. The quantitative estimate of drug-likeness (QED) is 0.0452. The van der Waals surface area contributed by atoms with Gasteiger partial charge in [0.05, 0.1) is 30.8 Å². The molecule has 0 saturated carbocycles. The molecule has 0 aromatic carbocycles. The molecule has 47 heavy (non-hydrogen) atoms. The maximum atomic E-state index is 13.0. The standard InChI is InChI=1S/C25H46N6O2.2C2HF3O2/c1-3-4-5-6-7-8-9-12-19-17-20-13-14-21-22(18(2)29-25(30-19)31(20)21)23(32)33-16-11-10-15-28-24(26)27;2*3-2(4,5)1(6)7/h18-22H,3-17H2,1-2H3,(H5,26,27,28,29,30);2*(H,6,7)/t18-,19-,20+,21+,22-;;/m1../s1. The summed E-state index contributed by atoms with van der Waals surface area (Å²) in [5.41, 5.74) is 10.7. The van der Waals surface area contributed by atoms with Crippen LogP contribution >= 0.6 is 0 Å². The summed E-state index contributed by atoms with van der Waals surface area (Å²) in [5.74, 6) is -4.71. The number of nitrogens with two attached hydrogens (primary N) is 2. The number of carboxylic acid groups (broad SMARTS) is 2. The molecule has 3 aliphatic heterocycles. The van der Waals surface area contributed by atoms with E-state index in [1.807, 2.05) is 0 Å². The summed E-state index contributed by atoms with van der Waals surface area (Å²) in [6, 6.07) is 1.39. The van der Waals surface area contributed by atoms with Crippen molar-refractivity contribution in [2.75, 3.05) is 13.2 Å². The third-order valence-corrected chi connectivity index (χ3v) is 8.01. The number of alkyl halides is 6. The van der Waals surface area contributed by atoms with Gasteiger partial charge in [0.25, 0.3) is 0 Å². The fourth-order valence-electron chi connectivity index (χ4n) is 5.84. The second kappa shape index (κ2) is 20.0. The minimum absolute atomic E-state index is 0.0685. The second-order valence-electron chi connectivity index (χ2n) is 11.8. The van der Waals surface area contributed by atoms with Crippen molar-refractivity contribution in [1.29, 1.82) is 0 Å². The Hall–Kier alpha value is -3.47. The van der Waals surface area contributed by atoms with Crippen LogP contribution in [0, 0.1) is 5.92 Å². The van der Waals surface area contributed by atoms with Crippen LogP contribution in [0.15, 0.2) is 4.99 Å². The van der Waals surface area contributed by atoms with Crippen LogP contribution in [-0.4, -0.2) is 89.2 Å². The number of rotatable bonds is 14. The van der Waals surface area contributed by atoms with Crippen molar-refractivity contribution < 1.29 is 60.3 Å². The van der Waals surface area contributed by atoms with Crippen molar-refractivity contribution in [3.05, 3.63) is 0 Å². The number of nitrogens with zero attached hydrogens (tertiary/aromatic N) is 2. The molecule has 0 unspecified atom stereocenters. The molecule has 1 saturated heterocycles. The third kappa shape index (κ3) is 15.3. The number of guanidine groups is 2. The average Bonchev–Trinajstić information content (AvgIpc) is 3.38. The van der Waals surface area contributed by atoms with E-state index in [2.05, 4.69) is 34.0 Å². The minimum atomic E-state index is -5.19. The number of aliphatic imine (C=N–C) groups is 1. The SMILES string of the molecule is CCCCCCCCC[C@@H]1C[C@@H]2CC[C@H]3[C@H](C(=O)OCCCCN=C(N)N)[C@@H](C)NC(=[N+]23)N1.O=C(O)C(F)(F)F.O=C([O-])C(F)(F)F. The highest BCUT2D eigenvalue weighted by molar-refractivity contribution is 5.81. The maximum absolute atomic E-state index is 13.0. The number of halogens is 6. The van der Waals surface area contributed by atoms with Crippen LogP contribution in [0.5, 0.6) is 0 Å². The fraction of sp³-hybridized carbons (Fsp3) is 0.828. The van der Waals surface area contributed by atoms with E-state index in [0.29, 0.717) is 25.2 Å². The van der Waals surface area contributed by atoms with Gasteiger partial charge in [-0.25, -0.2) is 4.79 Å². The van der Waals surface area contributed by atoms with E-state index >= 15 is 0 Å². The van der Waals surface area contributed by atoms with E-state index in [1.54, 1.807) is 0 Å². The zero-order valence-electron chi connectivity index (χ0n) is 26.8. The highest BCUT2D eigenvalue weighted by Crippen LogP contribution is 2.35. The lowest BCUT2D eigenvalue weighted by molar-refractivity contribution is -0.598. The molecule has 0 spiro atoms. The van der Waals surface area contributed by atoms with Gasteiger partial charge in [0.2, 0.25) is 0 Å². The van der Waals surface area contributed by atoms with Gasteiger partial charge in [-0.15, -0.1) is 0 Å². The van der Waals surface area contributed by atoms with Gasteiger partial charge in [-0.1, -0.05) is 51.9 Å². The van der Waals surface area contributed by atoms with Crippen molar-refractivity contribution in [3.8, 4) is 0 Å². The number of nitrogens with one attached hydrogen (secondary N) is 2. The molecule has 5 atom stereocenters. The Kier molecular flexibility index (Phi) is 17.7. The maximum Gasteiger partial charge on any atom is 0.490 e. The molecule has 3 aliphatic rings. The van der Waals surface area contributed by atoms with E-state index in [0.717, 1.165) is 25.2 Å². The lowest BCUT2D eigenvalue weighted by Crippen LogP contribution is -2.66. The summed E-state index contributed by atoms with van der Waals surface area (Å²) < 4.78 is 71.4. The van der Waals surface area contributed by atoms with Crippen LogP contribution in [0.2, 0.25) is 0 Å². The molecule has 0 amide bonds. The molecule has 3 rings (SSSR count). The predicted molar refractivity (Wildman–Crippen MR) is 158 cm³/mol. The normalized spacial score (nSPS) is 23.0. The molecular formula is C29H48F6N6O6. The first-order chi connectivity index (χ1) is 21.9. The largest absolute Gasteiger partial charge is 0.542 e. The molecule has 0 aromatic rings. The molecule has 3 heterocycles. The Morgan fingerprint density at radius 3 is 2.06 bits per heavy atom. The third-order valence-electron chi connectivity index (χ3n) is 8.01. The number of hydrogen-bond acceptors (Lipinski definition) is 8. The summed E-state index contributed by atoms with van der Waals surface area (Å²) in [5, 5.41) is 23.3. The lowest BCUT2D eigenvalue weighted by Gasteiger charge is -2.38. The molecule has 0 bridgehead atoms. The van der Waals surface area contributed by atoms with Crippen molar-refractivity contribution in [3.63, 3.8) is 0 Å². The van der Waals surface area contributed by atoms with Crippen molar-refractivity contribution >= 4 is 29.8 Å². The first-order valence-corrected chi connectivity index (χ1v) is 15.9.